The number of nitrogens with one attached hydrogen (secondary N) is 2. The summed E-state index contributed by atoms with van der Waals surface area (Å²) >= 11 is 0. The average molecular weight is 285 g/mol. The Bertz CT molecular complexity index is 663. The van der Waals surface area contributed by atoms with E-state index in [-0.39, 0.29) is 24.3 Å². The standard InChI is InChI=1S/C16H16FN3O/c1-11-5-6-12(9-14(11)17)19-16(21)10-13-3-2-4-15-18-7-8-20(13)15/h2-9,15,18H,10H2,1H3,(H,19,21). The number of amides is 1. The van der Waals surface area contributed by atoms with E-state index in [9.17, 15) is 9.18 Å². The van der Waals surface area contributed by atoms with Crippen molar-refractivity contribution >= 4 is 11.6 Å². The summed E-state index contributed by atoms with van der Waals surface area (Å²) in [7, 11) is 0. The van der Waals surface area contributed by atoms with Gasteiger partial charge in [0, 0.05) is 23.8 Å². The van der Waals surface area contributed by atoms with E-state index >= 15 is 0 Å². The lowest BCUT2D eigenvalue weighted by molar-refractivity contribution is -0.115. The molecule has 0 radical (unpaired) electrons. The first kappa shape index (κ1) is 13.4. The molecule has 0 aliphatic carbocycles. The Morgan fingerprint density at radius 3 is 3.14 bits per heavy atom. The molecule has 4 nitrogen and oxygen atoms in total. The predicted octanol–water partition coefficient (Wildman–Crippen LogP) is 2.62. The fraction of sp³-hybridized carbons (Fsp3) is 0.188. The normalized spacial score (nSPS) is 19.0. The van der Waals surface area contributed by atoms with Crippen LogP contribution in [0.25, 0.3) is 0 Å². The van der Waals surface area contributed by atoms with Crippen LogP contribution in [0.15, 0.2) is 54.5 Å². The van der Waals surface area contributed by atoms with Gasteiger partial charge in [0.2, 0.25) is 5.91 Å². The first-order valence-electron chi connectivity index (χ1n) is 6.78. The molecule has 108 valence electrons. The fourth-order valence-corrected chi connectivity index (χ4v) is 2.37. The van der Waals surface area contributed by atoms with Gasteiger partial charge in [0.05, 0.1) is 6.42 Å². The highest BCUT2D eigenvalue weighted by Crippen LogP contribution is 2.22. The monoisotopic (exact) mass is 285 g/mol. The molecule has 2 aliphatic heterocycles. The number of benzene rings is 1. The molecule has 2 aliphatic rings. The molecule has 0 aromatic heterocycles. The summed E-state index contributed by atoms with van der Waals surface area (Å²) in [6.45, 7) is 1.69. The summed E-state index contributed by atoms with van der Waals surface area (Å²) in [6, 6.07) is 4.69. The molecule has 3 rings (SSSR count). The van der Waals surface area contributed by atoms with Gasteiger partial charge in [-0.05, 0) is 36.8 Å². The topological polar surface area (TPSA) is 44.4 Å². The molecule has 0 bridgehead atoms. The van der Waals surface area contributed by atoms with Gasteiger partial charge in [-0.1, -0.05) is 12.1 Å². The maximum absolute atomic E-state index is 13.5. The highest BCUT2D eigenvalue weighted by Gasteiger charge is 2.23. The molecular weight excluding hydrogens is 269 g/mol. The number of nitrogens with zero attached hydrogens (tertiary/aromatic N) is 1. The number of carbonyl (C=O) groups excluding carboxylic acids is 1. The number of aryl methyl sites for hydroxylation is 1. The van der Waals surface area contributed by atoms with E-state index in [1.54, 1.807) is 19.1 Å². The minimum Gasteiger partial charge on any atom is -0.366 e. The van der Waals surface area contributed by atoms with Crippen molar-refractivity contribution in [2.45, 2.75) is 19.5 Å². The zero-order valence-corrected chi connectivity index (χ0v) is 11.6. The first-order valence-corrected chi connectivity index (χ1v) is 6.78. The largest absolute Gasteiger partial charge is 0.366 e. The summed E-state index contributed by atoms with van der Waals surface area (Å²) in [5.41, 5.74) is 1.93. The molecule has 1 amide bonds. The molecule has 2 N–H and O–H groups in total. The summed E-state index contributed by atoms with van der Waals surface area (Å²) in [6.07, 6.45) is 9.91. The highest BCUT2D eigenvalue weighted by atomic mass is 19.1. The van der Waals surface area contributed by atoms with Crippen molar-refractivity contribution in [1.82, 2.24) is 10.2 Å². The summed E-state index contributed by atoms with van der Waals surface area (Å²) < 4.78 is 13.5. The molecule has 0 spiro atoms. The van der Waals surface area contributed by atoms with Crippen LogP contribution in [0.1, 0.15) is 12.0 Å². The van der Waals surface area contributed by atoms with E-state index in [1.807, 2.05) is 35.5 Å². The van der Waals surface area contributed by atoms with Crippen LogP contribution in [0.3, 0.4) is 0 Å². The van der Waals surface area contributed by atoms with Crippen LogP contribution in [-0.4, -0.2) is 17.0 Å². The Hall–Kier alpha value is -2.56. The van der Waals surface area contributed by atoms with E-state index in [2.05, 4.69) is 10.6 Å². The quantitative estimate of drug-likeness (QED) is 0.897. The van der Waals surface area contributed by atoms with Crippen LogP contribution >= 0.6 is 0 Å². The molecule has 1 atom stereocenters. The van der Waals surface area contributed by atoms with Crippen molar-refractivity contribution in [3.8, 4) is 0 Å². The number of carbonyl (C=O) groups is 1. The van der Waals surface area contributed by atoms with Crippen molar-refractivity contribution in [2.75, 3.05) is 5.32 Å². The number of hydrogen-bond acceptors (Lipinski definition) is 3. The lowest BCUT2D eigenvalue weighted by atomic mass is 10.1. The summed E-state index contributed by atoms with van der Waals surface area (Å²) in [5.74, 6) is -0.488. The van der Waals surface area contributed by atoms with Crippen molar-refractivity contribution in [2.24, 2.45) is 0 Å². The summed E-state index contributed by atoms with van der Waals surface area (Å²) in [4.78, 5) is 14.1. The Kier molecular flexibility index (Phi) is 3.48. The van der Waals surface area contributed by atoms with Gasteiger partial charge in [-0.15, -0.1) is 0 Å². The second kappa shape index (κ2) is 5.44. The molecule has 1 aromatic carbocycles. The van der Waals surface area contributed by atoms with Crippen molar-refractivity contribution in [3.63, 3.8) is 0 Å². The predicted molar refractivity (Wildman–Crippen MR) is 79.5 cm³/mol. The Balaban J connectivity index is 1.66. The molecule has 5 heteroatoms. The van der Waals surface area contributed by atoms with Crippen LogP contribution < -0.4 is 10.6 Å². The van der Waals surface area contributed by atoms with Gasteiger partial charge in [0.15, 0.2) is 0 Å². The van der Waals surface area contributed by atoms with Crippen LogP contribution in [0, 0.1) is 12.7 Å². The molecule has 0 saturated carbocycles. The fourth-order valence-electron chi connectivity index (χ4n) is 2.37. The Morgan fingerprint density at radius 1 is 1.48 bits per heavy atom. The van der Waals surface area contributed by atoms with Crippen molar-refractivity contribution in [1.29, 1.82) is 0 Å². The zero-order chi connectivity index (χ0) is 14.8. The minimum atomic E-state index is -0.320. The van der Waals surface area contributed by atoms with E-state index in [0.717, 1.165) is 5.70 Å². The van der Waals surface area contributed by atoms with Crippen LogP contribution in [-0.2, 0) is 4.79 Å². The second-order valence-corrected chi connectivity index (χ2v) is 5.07. The van der Waals surface area contributed by atoms with Gasteiger partial charge in [-0.25, -0.2) is 4.39 Å². The van der Waals surface area contributed by atoms with Gasteiger partial charge in [-0.2, -0.15) is 0 Å². The molecule has 21 heavy (non-hydrogen) atoms. The molecule has 1 aromatic rings. The number of hydrogen-bond donors (Lipinski definition) is 2. The molecule has 1 unspecified atom stereocenters. The maximum atomic E-state index is 13.5. The van der Waals surface area contributed by atoms with Gasteiger partial charge < -0.3 is 15.5 Å². The Labute approximate surface area is 122 Å². The molecule has 0 saturated heterocycles. The van der Waals surface area contributed by atoms with E-state index < -0.39 is 0 Å². The minimum absolute atomic E-state index is 0.0784. The van der Waals surface area contributed by atoms with Crippen LogP contribution in [0.5, 0.6) is 0 Å². The van der Waals surface area contributed by atoms with Crippen LogP contribution in [0.2, 0.25) is 0 Å². The van der Waals surface area contributed by atoms with Crippen LogP contribution in [0.4, 0.5) is 10.1 Å². The highest BCUT2D eigenvalue weighted by molar-refractivity contribution is 5.92. The number of rotatable bonds is 3. The number of anilines is 1. The van der Waals surface area contributed by atoms with Gasteiger partial charge in [0.1, 0.15) is 12.0 Å². The van der Waals surface area contributed by atoms with E-state index in [1.165, 1.54) is 6.07 Å². The van der Waals surface area contributed by atoms with Gasteiger partial charge >= 0.3 is 0 Å². The third-order valence-electron chi connectivity index (χ3n) is 3.51. The molecule has 2 heterocycles. The SMILES string of the molecule is Cc1ccc(NC(=O)CC2=CC=CC3NC=CN23)cc1F. The molecule has 0 fully saturated rings. The second-order valence-electron chi connectivity index (χ2n) is 5.07. The van der Waals surface area contributed by atoms with E-state index in [4.69, 9.17) is 0 Å². The van der Waals surface area contributed by atoms with E-state index in [0.29, 0.717) is 11.3 Å². The van der Waals surface area contributed by atoms with Gasteiger partial charge in [-0.3, -0.25) is 4.79 Å². The number of fused-ring (bicyclic) bond motifs is 1. The van der Waals surface area contributed by atoms with Crippen molar-refractivity contribution < 1.29 is 9.18 Å². The Morgan fingerprint density at radius 2 is 2.33 bits per heavy atom. The van der Waals surface area contributed by atoms with Crippen molar-refractivity contribution in [3.05, 3.63) is 65.9 Å². The molecular formula is C16H16FN3O. The third-order valence-corrected chi connectivity index (χ3v) is 3.51. The first-order chi connectivity index (χ1) is 10.1. The average Bonchev–Trinajstić information content (AvgIpc) is 2.92. The summed E-state index contributed by atoms with van der Waals surface area (Å²) in [5, 5.41) is 5.88. The van der Waals surface area contributed by atoms with Gasteiger partial charge in [0.25, 0.3) is 0 Å². The lowest BCUT2D eigenvalue weighted by Gasteiger charge is -2.27. The lowest BCUT2D eigenvalue weighted by Crippen LogP contribution is -2.35. The number of halogens is 1. The maximum Gasteiger partial charge on any atom is 0.230 e. The third kappa shape index (κ3) is 2.81. The zero-order valence-electron chi connectivity index (χ0n) is 11.6. The smallest absolute Gasteiger partial charge is 0.230 e. The number of allylic oxidation sites excluding steroid dienone is 2.